The van der Waals surface area contributed by atoms with Gasteiger partial charge in [0.2, 0.25) is 0 Å². The van der Waals surface area contributed by atoms with Crippen LogP contribution in [0.2, 0.25) is 45.3 Å². The normalized spacial score (nSPS) is 16.0. The Hall–Kier alpha value is -0.509. The molecule has 0 radical (unpaired) electrons. The van der Waals surface area contributed by atoms with E-state index in [0.29, 0.717) is 12.5 Å². The Labute approximate surface area is 181 Å². The van der Waals surface area contributed by atoms with Gasteiger partial charge in [0, 0.05) is 5.57 Å². The van der Waals surface area contributed by atoms with Gasteiger partial charge >= 0.3 is 21.4 Å². The fourth-order valence-electron chi connectivity index (χ4n) is 2.45. The minimum atomic E-state index is -4.42. The second-order valence-electron chi connectivity index (χ2n) is 9.22. The molecule has 0 rings (SSSR count). The van der Waals surface area contributed by atoms with Crippen molar-refractivity contribution in [2.24, 2.45) is 0 Å². The quantitative estimate of drug-likeness (QED) is 0.232. The molecule has 6 nitrogen and oxygen atoms in total. The van der Waals surface area contributed by atoms with Crippen molar-refractivity contribution in [3.8, 4) is 0 Å². The molecule has 2 unspecified atom stereocenters. The maximum atomic E-state index is 12.3. The highest BCUT2D eigenvalue weighted by atomic mass is 28.4. The van der Waals surface area contributed by atoms with Crippen molar-refractivity contribution in [3.05, 3.63) is 11.6 Å². The summed E-state index contributed by atoms with van der Waals surface area (Å²) in [5, 5.41) is 19.2. The van der Waals surface area contributed by atoms with Crippen LogP contribution in [0.3, 0.4) is 0 Å². The molecule has 2 N–H and O–H groups in total. The number of hydrogen-bond acceptors (Lipinski definition) is 6. The fraction of sp³-hybridized carbons (Fsp3) is 0.833. The first-order valence-corrected chi connectivity index (χ1v) is 18.6. The minimum absolute atomic E-state index is 0.196. The van der Waals surface area contributed by atoms with Crippen LogP contribution in [0.15, 0.2) is 11.6 Å². The third-order valence-electron chi connectivity index (χ3n) is 3.73. The lowest BCUT2D eigenvalue weighted by atomic mass is 10.1. The van der Waals surface area contributed by atoms with Crippen molar-refractivity contribution >= 4 is 31.9 Å². The summed E-state index contributed by atoms with van der Waals surface area (Å²) in [6.45, 7) is 13.1. The summed E-state index contributed by atoms with van der Waals surface area (Å²) in [5.41, 5.74) is -0.196. The molecule has 178 valence electrons. The van der Waals surface area contributed by atoms with Gasteiger partial charge in [-0.3, -0.25) is 0 Å². The van der Waals surface area contributed by atoms with E-state index in [2.05, 4.69) is 39.3 Å². The first-order valence-electron chi connectivity index (χ1n) is 10.0. The SMILES string of the molecule is CC(=CCC(F)(F)F)C(=O)OC(CCC[SiH](O[Si](C)(C)C)O[Si](C)(C)C)C(O)CO. The van der Waals surface area contributed by atoms with Gasteiger partial charge in [-0.15, -0.1) is 0 Å². The summed E-state index contributed by atoms with van der Waals surface area (Å²) in [6, 6.07) is 0.642. The van der Waals surface area contributed by atoms with Crippen molar-refractivity contribution < 1.29 is 41.1 Å². The summed E-state index contributed by atoms with van der Waals surface area (Å²) in [6.07, 6.45) is -6.48. The van der Waals surface area contributed by atoms with Crippen LogP contribution in [0.4, 0.5) is 13.2 Å². The number of ether oxygens (including phenoxy) is 1. The van der Waals surface area contributed by atoms with Crippen LogP contribution in [0.5, 0.6) is 0 Å². The molecule has 12 heteroatoms. The van der Waals surface area contributed by atoms with Crippen LogP contribution in [0.1, 0.15) is 26.2 Å². The topological polar surface area (TPSA) is 85.2 Å². The molecule has 0 saturated carbocycles. The summed E-state index contributed by atoms with van der Waals surface area (Å²) < 4.78 is 54.6. The standard InChI is InChI=1S/C18H37F3O6Si3/c1-14(10-11-18(19,20)21)17(24)25-16(15(23)13-22)9-8-12-28(26-29(2,3)4)27-30(5,6)7/h10,15-16,22-23,28H,8-9,11-13H2,1-7H3. The Balaban J connectivity index is 4.98. The number of carbonyl (C=O) groups excluding carboxylic acids is 1. The maximum Gasteiger partial charge on any atom is 0.392 e. The van der Waals surface area contributed by atoms with E-state index >= 15 is 0 Å². The number of halogens is 3. The lowest BCUT2D eigenvalue weighted by Crippen LogP contribution is -2.43. The zero-order chi connectivity index (χ0) is 23.8. The van der Waals surface area contributed by atoms with Crippen molar-refractivity contribution in [1.29, 1.82) is 0 Å². The Morgan fingerprint density at radius 2 is 1.60 bits per heavy atom. The molecule has 0 aliphatic rings. The molecule has 0 aromatic rings. The van der Waals surface area contributed by atoms with Crippen LogP contribution in [0.25, 0.3) is 0 Å². The lowest BCUT2D eigenvalue weighted by molar-refractivity contribution is -0.152. The summed E-state index contributed by atoms with van der Waals surface area (Å²) in [4.78, 5) is 12.1. The zero-order valence-electron chi connectivity index (χ0n) is 19.0. The molecule has 0 amide bonds. The molecule has 0 bridgehead atoms. The summed E-state index contributed by atoms with van der Waals surface area (Å²) in [5.74, 6) is -0.942. The molecule has 0 aliphatic carbocycles. The van der Waals surface area contributed by atoms with Gasteiger partial charge in [0.15, 0.2) is 16.6 Å². The van der Waals surface area contributed by atoms with E-state index in [1.165, 1.54) is 6.92 Å². The molecule has 0 aromatic heterocycles. The van der Waals surface area contributed by atoms with Gasteiger partial charge in [-0.1, -0.05) is 6.08 Å². The van der Waals surface area contributed by atoms with Gasteiger partial charge < -0.3 is 23.2 Å². The number of rotatable bonds is 13. The van der Waals surface area contributed by atoms with E-state index in [1.807, 2.05) is 0 Å². The molecular weight excluding hydrogens is 453 g/mol. The molecular formula is C18H37F3O6Si3. The van der Waals surface area contributed by atoms with Crippen molar-refractivity contribution in [3.63, 3.8) is 0 Å². The van der Waals surface area contributed by atoms with E-state index in [1.54, 1.807) is 0 Å². The predicted octanol–water partition coefficient (Wildman–Crippen LogP) is 3.85. The zero-order valence-corrected chi connectivity index (χ0v) is 22.2. The van der Waals surface area contributed by atoms with E-state index in [-0.39, 0.29) is 12.0 Å². The molecule has 0 aromatic carbocycles. The molecule has 2 atom stereocenters. The first kappa shape index (κ1) is 29.5. The first-order chi connectivity index (χ1) is 13.4. The number of esters is 1. The van der Waals surface area contributed by atoms with E-state index < -0.39 is 63.3 Å². The Morgan fingerprint density at radius 3 is 2.00 bits per heavy atom. The molecule has 30 heavy (non-hydrogen) atoms. The average Bonchev–Trinajstić information content (AvgIpc) is 2.54. The van der Waals surface area contributed by atoms with Gasteiger partial charge in [-0.2, -0.15) is 13.2 Å². The lowest BCUT2D eigenvalue weighted by Gasteiger charge is -2.31. The molecule has 0 aliphatic heterocycles. The average molecular weight is 491 g/mol. The van der Waals surface area contributed by atoms with Crippen molar-refractivity contribution in [2.45, 2.75) is 89.9 Å². The third-order valence-corrected chi connectivity index (χ3v) is 12.4. The van der Waals surface area contributed by atoms with E-state index in [0.717, 1.165) is 6.08 Å². The number of alkyl halides is 3. The Kier molecular flexibility index (Phi) is 12.3. The summed E-state index contributed by atoms with van der Waals surface area (Å²) in [7, 11) is -5.58. The third kappa shape index (κ3) is 15.3. The van der Waals surface area contributed by atoms with Crippen LogP contribution < -0.4 is 0 Å². The number of aliphatic hydroxyl groups is 2. The molecule has 0 heterocycles. The van der Waals surface area contributed by atoms with Gasteiger partial charge in [0.25, 0.3) is 0 Å². The fourth-order valence-corrected chi connectivity index (χ4v) is 10.9. The number of hydrogen-bond donors (Lipinski definition) is 2. The highest BCUT2D eigenvalue weighted by Gasteiger charge is 2.30. The Morgan fingerprint density at radius 1 is 1.10 bits per heavy atom. The molecule has 0 fully saturated rings. The van der Waals surface area contributed by atoms with Crippen LogP contribution >= 0.6 is 0 Å². The van der Waals surface area contributed by atoms with Crippen molar-refractivity contribution in [1.82, 2.24) is 0 Å². The number of allylic oxidation sites excluding steroid dienone is 1. The molecule has 0 saturated heterocycles. The minimum Gasteiger partial charge on any atom is -0.456 e. The van der Waals surface area contributed by atoms with Crippen LogP contribution in [-0.2, 0) is 17.8 Å². The predicted molar refractivity (Wildman–Crippen MR) is 117 cm³/mol. The smallest absolute Gasteiger partial charge is 0.392 e. The van der Waals surface area contributed by atoms with Gasteiger partial charge in [-0.05, 0) is 65.1 Å². The van der Waals surface area contributed by atoms with Crippen LogP contribution in [-0.4, -0.2) is 67.1 Å². The molecule has 0 spiro atoms. The second-order valence-corrected chi connectivity index (χ2v) is 21.0. The highest BCUT2D eigenvalue weighted by molar-refractivity contribution is 6.81. The monoisotopic (exact) mass is 490 g/mol. The highest BCUT2D eigenvalue weighted by Crippen LogP contribution is 2.22. The van der Waals surface area contributed by atoms with Crippen LogP contribution in [0, 0.1) is 0 Å². The largest absolute Gasteiger partial charge is 0.456 e. The Bertz CT molecular complexity index is 543. The number of carbonyl (C=O) groups is 1. The van der Waals surface area contributed by atoms with Gasteiger partial charge in [0.1, 0.15) is 12.2 Å². The van der Waals surface area contributed by atoms with Crippen molar-refractivity contribution in [2.75, 3.05) is 6.61 Å². The van der Waals surface area contributed by atoms with E-state index in [4.69, 9.17) is 13.0 Å². The van der Waals surface area contributed by atoms with E-state index in [9.17, 15) is 28.2 Å². The summed E-state index contributed by atoms with van der Waals surface area (Å²) >= 11 is 0. The van der Waals surface area contributed by atoms with Gasteiger partial charge in [0.05, 0.1) is 13.0 Å². The van der Waals surface area contributed by atoms with Gasteiger partial charge in [-0.25, -0.2) is 4.79 Å². The number of aliphatic hydroxyl groups excluding tert-OH is 2. The second kappa shape index (κ2) is 12.5. The maximum absolute atomic E-state index is 12.3.